The van der Waals surface area contributed by atoms with Crippen LogP contribution in [0.1, 0.15) is 27.6 Å². The van der Waals surface area contributed by atoms with E-state index in [1.165, 1.54) is 0 Å². The van der Waals surface area contributed by atoms with Gasteiger partial charge in [-0.15, -0.1) is 0 Å². The Balaban J connectivity index is 3.07. The molecule has 0 saturated carbocycles. The summed E-state index contributed by atoms with van der Waals surface area (Å²) in [6.45, 7) is -2.54. The molecule has 0 saturated heterocycles. The highest BCUT2D eigenvalue weighted by atomic mass is 35.5. The summed E-state index contributed by atoms with van der Waals surface area (Å²) in [5, 5.41) is 13.4. The molecule has 86 valence electrons. The predicted molar refractivity (Wildman–Crippen MR) is 62.3 cm³/mol. The SMILES string of the molecule is [2H]C([2H])([2H])C([2H])([2H])Nc1nc(Cl)nc(NC(C)(C)C#N)n1. The summed E-state index contributed by atoms with van der Waals surface area (Å²) in [5.74, 6) is -0.433. The zero-order chi connectivity index (χ0) is 16.5. The smallest absolute Gasteiger partial charge is 0.230 e. The Bertz CT molecular complexity index is 567. The Hall–Kier alpha value is -1.61. The molecule has 7 heteroatoms. The van der Waals surface area contributed by atoms with Crippen molar-refractivity contribution in [3.8, 4) is 6.07 Å². The molecular weight excluding hydrogens is 228 g/mol. The largest absolute Gasteiger partial charge is 0.354 e. The summed E-state index contributed by atoms with van der Waals surface area (Å²) in [6, 6.07) is 1.96. The fourth-order valence-corrected chi connectivity index (χ4v) is 0.985. The maximum atomic E-state index is 8.92. The number of anilines is 2. The maximum absolute atomic E-state index is 8.92. The lowest BCUT2D eigenvalue weighted by molar-refractivity contribution is 0.715. The van der Waals surface area contributed by atoms with Crippen molar-refractivity contribution < 1.29 is 6.85 Å². The number of nitrogens with zero attached hydrogens (tertiary/aromatic N) is 4. The van der Waals surface area contributed by atoms with Crippen LogP contribution in [-0.4, -0.2) is 27.0 Å². The molecule has 0 aromatic carbocycles. The summed E-state index contributed by atoms with van der Waals surface area (Å²) in [5.41, 5.74) is -0.995. The molecule has 0 fully saturated rings. The number of nitriles is 1. The minimum Gasteiger partial charge on any atom is -0.354 e. The minimum absolute atomic E-state index is 0.0783. The Morgan fingerprint density at radius 2 is 2.19 bits per heavy atom. The van der Waals surface area contributed by atoms with Crippen molar-refractivity contribution in [1.29, 1.82) is 5.26 Å². The van der Waals surface area contributed by atoms with Crippen molar-refractivity contribution in [1.82, 2.24) is 15.0 Å². The Morgan fingerprint density at radius 3 is 2.81 bits per heavy atom. The third-order valence-electron chi connectivity index (χ3n) is 1.49. The number of hydrogen-bond donors (Lipinski definition) is 2. The second-order valence-electron chi connectivity index (χ2n) is 3.36. The standard InChI is InChI=1S/C9H13ClN6/c1-4-12-7-13-6(10)14-8(15-7)16-9(2,3)5-11/h4H2,1-3H3,(H2,12,13,14,15,16)/i1D3,4D2. The van der Waals surface area contributed by atoms with Gasteiger partial charge in [-0.3, -0.25) is 0 Å². The van der Waals surface area contributed by atoms with E-state index in [-0.39, 0.29) is 17.2 Å². The summed E-state index contributed by atoms with van der Waals surface area (Å²) < 4.78 is 36.2. The van der Waals surface area contributed by atoms with Gasteiger partial charge in [-0.25, -0.2) is 0 Å². The molecule has 2 N–H and O–H groups in total. The van der Waals surface area contributed by atoms with Crippen molar-refractivity contribution in [3.63, 3.8) is 0 Å². The van der Waals surface area contributed by atoms with Crippen LogP contribution >= 0.6 is 11.6 Å². The Kier molecular flexibility index (Phi) is 2.12. The van der Waals surface area contributed by atoms with Crippen LogP contribution in [0.15, 0.2) is 0 Å². The van der Waals surface area contributed by atoms with E-state index in [0.717, 1.165) is 0 Å². The van der Waals surface area contributed by atoms with Gasteiger partial charge in [-0.05, 0) is 32.3 Å². The van der Waals surface area contributed by atoms with Crippen LogP contribution in [0.4, 0.5) is 11.9 Å². The normalized spacial score (nSPS) is 17.0. The van der Waals surface area contributed by atoms with Crippen molar-refractivity contribution in [3.05, 3.63) is 5.28 Å². The van der Waals surface area contributed by atoms with Crippen LogP contribution in [0.5, 0.6) is 0 Å². The minimum atomic E-state index is -2.92. The number of aromatic nitrogens is 3. The average Bonchev–Trinajstić information content (AvgIpc) is 2.25. The van der Waals surface area contributed by atoms with E-state index in [0.29, 0.717) is 0 Å². The van der Waals surface area contributed by atoms with E-state index < -0.39 is 18.9 Å². The van der Waals surface area contributed by atoms with Gasteiger partial charge in [0.05, 0.1) is 6.07 Å². The fraction of sp³-hybridized carbons (Fsp3) is 0.556. The molecule has 1 aromatic heterocycles. The first kappa shape index (κ1) is 6.86. The van der Waals surface area contributed by atoms with Crippen LogP contribution in [0, 0.1) is 11.3 Å². The van der Waals surface area contributed by atoms with Gasteiger partial charge >= 0.3 is 0 Å². The molecule has 0 aliphatic rings. The molecule has 0 unspecified atom stereocenters. The van der Waals surface area contributed by atoms with E-state index in [4.69, 9.17) is 23.7 Å². The van der Waals surface area contributed by atoms with Crippen molar-refractivity contribution in [2.24, 2.45) is 0 Å². The van der Waals surface area contributed by atoms with Crippen LogP contribution in [-0.2, 0) is 0 Å². The molecule has 0 atom stereocenters. The zero-order valence-corrected chi connectivity index (χ0v) is 9.42. The molecule has 0 spiro atoms. The van der Waals surface area contributed by atoms with Gasteiger partial charge in [0.1, 0.15) is 5.54 Å². The van der Waals surface area contributed by atoms with Crippen molar-refractivity contribution >= 4 is 23.5 Å². The number of nitrogens with one attached hydrogen (secondary N) is 2. The summed E-state index contributed by atoms with van der Waals surface area (Å²) in [6.07, 6.45) is 0. The highest BCUT2D eigenvalue weighted by Gasteiger charge is 2.18. The molecule has 0 aliphatic carbocycles. The highest BCUT2D eigenvalue weighted by Crippen LogP contribution is 2.13. The fourth-order valence-electron chi connectivity index (χ4n) is 0.825. The molecule has 0 amide bonds. The van der Waals surface area contributed by atoms with E-state index in [9.17, 15) is 0 Å². The first-order valence-corrected chi connectivity index (χ1v) is 4.63. The molecule has 1 aromatic rings. The molecule has 0 bridgehead atoms. The number of hydrogen-bond acceptors (Lipinski definition) is 6. The van der Waals surface area contributed by atoms with Gasteiger partial charge < -0.3 is 10.6 Å². The maximum Gasteiger partial charge on any atom is 0.230 e. The van der Waals surface area contributed by atoms with Gasteiger partial charge in [-0.2, -0.15) is 20.2 Å². The zero-order valence-electron chi connectivity index (χ0n) is 13.7. The van der Waals surface area contributed by atoms with Crippen LogP contribution < -0.4 is 10.6 Å². The van der Waals surface area contributed by atoms with Crippen molar-refractivity contribution in [2.45, 2.75) is 26.2 Å². The van der Waals surface area contributed by atoms with E-state index >= 15 is 0 Å². The van der Waals surface area contributed by atoms with Crippen LogP contribution in [0.3, 0.4) is 0 Å². The lowest BCUT2D eigenvalue weighted by atomic mass is 10.1. The predicted octanol–water partition coefficient (Wildman–Crippen LogP) is 1.67. The third kappa shape index (κ3) is 3.51. The first-order valence-electron chi connectivity index (χ1n) is 6.75. The van der Waals surface area contributed by atoms with E-state index in [1.807, 2.05) is 11.4 Å². The Morgan fingerprint density at radius 1 is 1.50 bits per heavy atom. The lowest BCUT2D eigenvalue weighted by Crippen LogP contribution is -2.29. The topological polar surface area (TPSA) is 86.5 Å². The molecule has 0 aliphatic heterocycles. The van der Waals surface area contributed by atoms with E-state index in [1.54, 1.807) is 13.8 Å². The second-order valence-corrected chi connectivity index (χ2v) is 3.70. The molecule has 16 heavy (non-hydrogen) atoms. The monoisotopic (exact) mass is 245 g/mol. The first-order chi connectivity index (χ1) is 9.36. The summed E-state index contributed by atoms with van der Waals surface area (Å²) in [7, 11) is 0. The third-order valence-corrected chi connectivity index (χ3v) is 1.66. The molecule has 6 nitrogen and oxygen atoms in total. The summed E-state index contributed by atoms with van der Waals surface area (Å²) >= 11 is 5.68. The molecular formula is C9H13ClN6. The second kappa shape index (κ2) is 4.94. The van der Waals surface area contributed by atoms with E-state index in [2.05, 4.69) is 20.3 Å². The lowest BCUT2D eigenvalue weighted by Gasteiger charge is -2.17. The molecule has 1 rings (SSSR count). The Labute approximate surface area is 106 Å². The van der Waals surface area contributed by atoms with Crippen molar-refractivity contribution in [2.75, 3.05) is 17.1 Å². The quantitative estimate of drug-likeness (QED) is 0.839. The number of halogens is 1. The van der Waals surface area contributed by atoms with Gasteiger partial charge in [0.2, 0.25) is 17.2 Å². The number of rotatable bonds is 4. The van der Waals surface area contributed by atoms with Crippen LogP contribution in [0.2, 0.25) is 5.28 Å². The summed E-state index contributed by atoms with van der Waals surface area (Å²) in [4.78, 5) is 11.1. The van der Waals surface area contributed by atoms with Gasteiger partial charge in [0, 0.05) is 13.4 Å². The molecule has 1 heterocycles. The molecule has 0 radical (unpaired) electrons. The van der Waals surface area contributed by atoms with Gasteiger partial charge in [-0.1, -0.05) is 0 Å². The van der Waals surface area contributed by atoms with Gasteiger partial charge in [0.15, 0.2) is 0 Å². The average molecular weight is 246 g/mol. The van der Waals surface area contributed by atoms with Crippen LogP contribution in [0.25, 0.3) is 0 Å². The van der Waals surface area contributed by atoms with Gasteiger partial charge in [0.25, 0.3) is 0 Å². The highest BCUT2D eigenvalue weighted by molar-refractivity contribution is 6.28.